The van der Waals surface area contributed by atoms with E-state index in [1.165, 1.54) is 7.11 Å². The molecule has 0 aliphatic carbocycles. The standard InChI is InChI=1S/C13H15N3O3/c1-19-13(18)6-7-14-12(17)8-16-9-15-10-4-2-3-5-11(10)16/h2-5,9H,6-8H2,1H3,(H,14,17). The first-order valence-electron chi connectivity index (χ1n) is 5.94. The van der Waals surface area contributed by atoms with Gasteiger partial charge in [0, 0.05) is 6.54 Å². The first-order chi connectivity index (χ1) is 9.20. The van der Waals surface area contributed by atoms with E-state index >= 15 is 0 Å². The van der Waals surface area contributed by atoms with E-state index in [2.05, 4.69) is 15.0 Å². The van der Waals surface area contributed by atoms with Crippen molar-refractivity contribution in [2.45, 2.75) is 13.0 Å². The maximum Gasteiger partial charge on any atom is 0.307 e. The Morgan fingerprint density at radius 3 is 2.95 bits per heavy atom. The van der Waals surface area contributed by atoms with Crippen molar-refractivity contribution >= 4 is 22.9 Å². The van der Waals surface area contributed by atoms with Crippen molar-refractivity contribution in [3.8, 4) is 0 Å². The van der Waals surface area contributed by atoms with E-state index in [1.54, 1.807) is 10.9 Å². The number of amides is 1. The van der Waals surface area contributed by atoms with Gasteiger partial charge in [0.05, 0.1) is 30.9 Å². The number of hydrogen-bond donors (Lipinski definition) is 1. The molecule has 0 saturated heterocycles. The van der Waals surface area contributed by atoms with E-state index in [0.717, 1.165) is 11.0 Å². The van der Waals surface area contributed by atoms with Crippen LogP contribution in [0.2, 0.25) is 0 Å². The molecule has 0 fully saturated rings. The third kappa shape index (κ3) is 3.31. The molecule has 0 spiro atoms. The van der Waals surface area contributed by atoms with Crippen LogP contribution in [0.4, 0.5) is 0 Å². The van der Waals surface area contributed by atoms with Crippen molar-refractivity contribution in [2.24, 2.45) is 0 Å². The van der Waals surface area contributed by atoms with Gasteiger partial charge in [-0.15, -0.1) is 0 Å². The number of esters is 1. The van der Waals surface area contributed by atoms with Crippen LogP contribution < -0.4 is 5.32 Å². The summed E-state index contributed by atoms with van der Waals surface area (Å²) < 4.78 is 6.26. The maximum absolute atomic E-state index is 11.7. The molecule has 1 aromatic heterocycles. The molecule has 0 bridgehead atoms. The number of methoxy groups -OCH3 is 1. The number of fused-ring (bicyclic) bond motifs is 1. The van der Waals surface area contributed by atoms with E-state index in [0.29, 0.717) is 0 Å². The van der Waals surface area contributed by atoms with Gasteiger partial charge < -0.3 is 14.6 Å². The van der Waals surface area contributed by atoms with Crippen LogP contribution in [-0.4, -0.2) is 35.1 Å². The highest BCUT2D eigenvalue weighted by atomic mass is 16.5. The summed E-state index contributed by atoms with van der Waals surface area (Å²) in [5.74, 6) is -0.500. The van der Waals surface area contributed by atoms with Gasteiger partial charge in [0.2, 0.25) is 5.91 Å². The van der Waals surface area contributed by atoms with Crippen LogP contribution in [-0.2, 0) is 20.9 Å². The summed E-state index contributed by atoms with van der Waals surface area (Å²) >= 11 is 0. The van der Waals surface area contributed by atoms with Crippen LogP contribution in [0.1, 0.15) is 6.42 Å². The van der Waals surface area contributed by atoms with E-state index in [4.69, 9.17) is 0 Å². The molecule has 100 valence electrons. The largest absolute Gasteiger partial charge is 0.469 e. The molecule has 19 heavy (non-hydrogen) atoms. The summed E-state index contributed by atoms with van der Waals surface area (Å²) in [7, 11) is 1.32. The molecule has 0 radical (unpaired) electrons. The predicted octanol–water partition coefficient (Wildman–Crippen LogP) is 0.716. The number of aromatic nitrogens is 2. The van der Waals surface area contributed by atoms with Crippen molar-refractivity contribution in [1.82, 2.24) is 14.9 Å². The number of rotatable bonds is 5. The van der Waals surface area contributed by atoms with Crippen molar-refractivity contribution in [3.05, 3.63) is 30.6 Å². The lowest BCUT2D eigenvalue weighted by Gasteiger charge is -2.06. The molecule has 0 atom stereocenters. The Labute approximate surface area is 110 Å². The number of hydrogen-bond acceptors (Lipinski definition) is 4. The van der Waals surface area contributed by atoms with Gasteiger partial charge in [0.1, 0.15) is 6.54 Å². The Morgan fingerprint density at radius 1 is 1.37 bits per heavy atom. The van der Waals surface area contributed by atoms with Crippen LogP contribution in [0.15, 0.2) is 30.6 Å². The monoisotopic (exact) mass is 261 g/mol. The summed E-state index contributed by atoms with van der Waals surface area (Å²) in [6, 6.07) is 7.59. The number of para-hydroxylation sites is 2. The maximum atomic E-state index is 11.7. The minimum atomic E-state index is -0.339. The van der Waals surface area contributed by atoms with Crippen molar-refractivity contribution in [1.29, 1.82) is 0 Å². The normalized spacial score (nSPS) is 10.4. The zero-order valence-corrected chi connectivity index (χ0v) is 10.6. The predicted molar refractivity (Wildman–Crippen MR) is 69.4 cm³/mol. The summed E-state index contributed by atoms with van der Waals surface area (Å²) in [6.45, 7) is 0.458. The molecule has 1 aromatic carbocycles. The van der Waals surface area contributed by atoms with Crippen LogP contribution in [0.25, 0.3) is 11.0 Å². The summed E-state index contributed by atoms with van der Waals surface area (Å²) in [5.41, 5.74) is 1.76. The van der Waals surface area contributed by atoms with Gasteiger partial charge >= 0.3 is 5.97 Å². The van der Waals surface area contributed by atoms with Gasteiger partial charge in [-0.3, -0.25) is 9.59 Å². The molecular weight excluding hydrogens is 246 g/mol. The average Bonchev–Trinajstić information content (AvgIpc) is 2.82. The molecule has 6 nitrogen and oxygen atoms in total. The van der Waals surface area contributed by atoms with Crippen molar-refractivity contribution in [2.75, 3.05) is 13.7 Å². The minimum absolute atomic E-state index is 0.160. The number of benzene rings is 1. The second-order valence-electron chi connectivity index (χ2n) is 4.04. The smallest absolute Gasteiger partial charge is 0.307 e. The third-order valence-corrected chi connectivity index (χ3v) is 2.72. The first-order valence-corrected chi connectivity index (χ1v) is 5.94. The molecule has 0 aliphatic heterocycles. The van der Waals surface area contributed by atoms with Gasteiger partial charge in [-0.2, -0.15) is 0 Å². The van der Waals surface area contributed by atoms with E-state index in [9.17, 15) is 9.59 Å². The molecule has 0 unspecified atom stereocenters. The van der Waals surface area contributed by atoms with E-state index < -0.39 is 0 Å². The third-order valence-electron chi connectivity index (χ3n) is 2.72. The fourth-order valence-corrected chi connectivity index (χ4v) is 1.75. The lowest BCUT2D eigenvalue weighted by molar-refractivity contribution is -0.140. The zero-order chi connectivity index (χ0) is 13.7. The van der Waals surface area contributed by atoms with Crippen molar-refractivity contribution in [3.63, 3.8) is 0 Å². The Kier molecular flexibility index (Phi) is 4.12. The highest BCUT2D eigenvalue weighted by molar-refractivity contribution is 5.80. The quantitative estimate of drug-likeness (QED) is 0.805. The minimum Gasteiger partial charge on any atom is -0.469 e. The zero-order valence-electron chi connectivity index (χ0n) is 10.6. The highest BCUT2D eigenvalue weighted by Gasteiger charge is 2.07. The molecule has 2 aromatic rings. The van der Waals surface area contributed by atoms with Crippen LogP contribution in [0.3, 0.4) is 0 Å². The molecule has 1 amide bonds. The van der Waals surface area contributed by atoms with Gasteiger partial charge in [-0.05, 0) is 12.1 Å². The number of imidazole rings is 1. The molecule has 1 heterocycles. The van der Waals surface area contributed by atoms with Gasteiger partial charge in [-0.1, -0.05) is 12.1 Å². The van der Waals surface area contributed by atoms with Crippen molar-refractivity contribution < 1.29 is 14.3 Å². The Bertz CT molecular complexity index is 592. The average molecular weight is 261 g/mol. The molecule has 2 rings (SSSR count). The Hall–Kier alpha value is -2.37. The second kappa shape index (κ2) is 5.99. The van der Waals surface area contributed by atoms with Crippen LogP contribution >= 0.6 is 0 Å². The fraction of sp³-hybridized carbons (Fsp3) is 0.308. The molecule has 1 N–H and O–H groups in total. The Balaban J connectivity index is 1.90. The summed E-state index contributed by atoms with van der Waals surface area (Å²) in [4.78, 5) is 26.8. The lowest BCUT2D eigenvalue weighted by atomic mass is 10.3. The molecule has 0 saturated carbocycles. The molecule has 0 aliphatic rings. The lowest BCUT2D eigenvalue weighted by Crippen LogP contribution is -2.29. The SMILES string of the molecule is COC(=O)CCNC(=O)Cn1cnc2ccccc21. The Morgan fingerprint density at radius 2 is 2.16 bits per heavy atom. The summed E-state index contributed by atoms with van der Waals surface area (Å²) in [6.07, 6.45) is 1.80. The van der Waals surface area contributed by atoms with Crippen LogP contribution in [0, 0.1) is 0 Å². The fourth-order valence-electron chi connectivity index (χ4n) is 1.75. The topological polar surface area (TPSA) is 73.2 Å². The number of nitrogens with one attached hydrogen (secondary N) is 1. The summed E-state index contributed by atoms with van der Waals surface area (Å²) in [5, 5.41) is 2.66. The number of carbonyl (C=O) groups excluding carboxylic acids is 2. The molecule has 6 heteroatoms. The van der Waals surface area contributed by atoms with E-state index in [1.807, 2.05) is 24.3 Å². The van der Waals surface area contributed by atoms with E-state index in [-0.39, 0.29) is 31.4 Å². The van der Waals surface area contributed by atoms with Crippen LogP contribution in [0.5, 0.6) is 0 Å². The number of ether oxygens (including phenoxy) is 1. The highest BCUT2D eigenvalue weighted by Crippen LogP contribution is 2.11. The number of carbonyl (C=O) groups is 2. The first kappa shape index (κ1) is 13.1. The second-order valence-corrected chi connectivity index (χ2v) is 4.04. The van der Waals surface area contributed by atoms with Gasteiger partial charge in [-0.25, -0.2) is 4.98 Å². The number of nitrogens with zero attached hydrogens (tertiary/aromatic N) is 2. The van der Waals surface area contributed by atoms with Gasteiger partial charge in [0.25, 0.3) is 0 Å². The van der Waals surface area contributed by atoms with Gasteiger partial charge in [0.15, 0.2) is 0 Å². The molecular formula is C13H15N3O3.